The van der Waals surface area contributed by atoms with Gasteiger partial charge in [0.2, 0.25) is 0 Å². The molecule has 2 aliphatic heterocycles. The molecule has 2 heterocycles. The molecule has 1 saturated heterocycles. The van der Waals surface area contributed by atoms with E-state index < -0.39 is 16.8 Å². The second-order valence-electron chi connectivity index (χ2n) is 10.1. The molecule has 0 radical (unpaired) electrons. The fraction of sp³-hybridized carbons (Fsp3) is 0.379. The number of nitro groups is 1. The van der Waals surface area contributed by atoms with Gasteiger partial charge in [-0.05, 0) is 62.3 Å². The Bertz CT molecular complexity index is 1360. The minimum absolute atomic E-state index is 0.0830. The minimum atomic E-state index is -0.816. The van der Waals surface area contributed by atoms with Crippen molar-refractivity contribution in [2.75, 3.05) is 13.2 Å². The summed E-state index contributed by atoms with van der Waals surface area (Å²) >= 11 is 0. The molecule has 3 aliphatic rings. The van der Waals surface area contributed by atoms with Gasteiger partial charge in [0.05, 0.1) is 16.6 Å². The zero-order chi connectivity index (χ0) is 27.0. The van der Waals surface area contributed by atoms with Crippen LogP contribution in [0.2, 0.25) is 0 Å². The molecule has 1 fully saturated rings. The summed E-state index contributed by atoms with van der Waals surface area (Å²) < 4.78 is 24.7. The quantitative estimate of drug-likeness (QED) is 0.320. The second-order valence-corrected chi connectivity index (χ2v) is 10.1. The molecule has 0 bridgehead atoms. The first kappa shape index (κ1) is 25.8. The smallest absolute Gasteiger partial charge is 0.336 e. The van der Waals surface area contributed by atoms with Crippen LogP contribution in [-0.4, -0.2) is 36.0 Å². The van der Waals surface area contributed by atoms with Crippen LogP contribution in [0.1, 0.15) is 61.1 Å². The molecule has 2 aromatic rings. The number of carbonyl (C=O) groups excluding carboxylic acids is 2. The number of halogens is 1. The molecule has 1 N–H and O–H groups in total. The van der Waals surface area contributed by atoms with Gasteiger partial charge in [-0.1, -0.05) is 24.3 Å². The lowest BCUT2D eigenvalue weighted by atomic mass is 9.71. The lowest BCUT2D eigenvalue weighted by molar-refractivity contribution is -0.385. The molecule has 0 aromatic heterocycles. The first-order valence-corrected chi connectivity index (χ1v) is 12.8. The van der Waals surface area contributed by atoms with Crippen molar-refractivity contribution in [3.8, 4) is 0 Å². The molecule has 9 heteroatoms. The van der Waals surface area contributed by atoms with Crippen molar-refractivity contribution in [2.24, 2.45) is 0 Å². The summed E-state index contributed by atoms with van der Waals surface area (Å²) in [6, 6.07) is 10.9. The van der Waals surface area contributed by atoms with E-state index in [1.807, 2.05) is 0 Å². The van der Waals surface area contributed by atoms with Crippen molar-refractivity contribution < 1.29 is 28.4 Å². The van der Waals surface area contributed by atoms with Crippen LogP contribution in [0, 0.1) is 22.9 Å². The van der Waals surface area contributed by atoms with Crippen LogP contribution in [0.25, 0.3) is 0 Å². The van der Waals surface area contributed by atoms with Gasteiger partial charge >= 0.3 is 5.97 Å². The van der Waals surface area contributed by atoms with E-state index >= 15 is 0 Å². The third-order valence-corrected chi connectivity index (χ3v) is 7.58. The molecule has 0 spiro atoms. The molecule has 1 aliphatic carbocycles. The predicted octanol–water partition coefficient (Wildman–Crippen LogP) is 5.13. The summed E-state index contributed by atoms with van der Waals surface area (Å²) in [5.41, 5.74) is 3.59. The first-order chi connectivity index (χ1) is 18.2. The monoisotopic (exact) mass is 520 g/mol. The standard InChI is InChI=1S/C29H29FN2O6/c1-16-5-6-19(13-24(16)32(35)36)27-26(29(34)38-15-22-4-3-11-37-22)17(2)31-23-12-20(14-25(33)28(23)27)18-7-9-21(30)10-8-18/h5-10,13,20,22,27,31H,3-4,11-12,14-15H2,1-2H3/t20-,22+,27+/m0/s1. The van der Waals surface area contributed by atoms with Gasteiger partial charge in [0.15, 0.2) is 5.78 Å². The molecule has 8 nitrogen and oxygen atoms in total. The molecule has 0 saturated carbocycles. The Morgan fingerprint density at radius 1 is 1.16 bits per heavy atom. The number of rotatable bonds is 6. The van der Waals surface area contributed by atoms with Crippen molar-refractivity contribution in [1.29, 1.82) is 0 Å². The van der Waals surface area contributed by atoms with Gasteiger partial charge in [-0.3, -0.25) is 14.9 Å². The van der Waals surface area contributed by atoms with E-state index in [9.17, 15) is 24.1 Å². The van der Waals surface area contributed by atoms with Gasteiger partial charge < -0.3 is 14.8 Å². The number of ketones is 1. The van der Waals surface area contributed by atoms with Crippen LogP contribution in [0.4, 0.5) is 10.1 Å². The maximum atomic E-state index is 13.7. The van der Waals surface area contributed by atoms with Crippen LogP contribution in [0.3, 0.4) is 0 Å². The van der Waals surface area contributed by atoms with Crippen molar-refractivity contribution in [1.82, 2.24) is 5.32 Å². The van der Waals surface area contributed by atoms with E-state index in [2.05, 4.69) is 5.32 Å². The predicted molar refractivity (Wildman–Crippen MR) is 137 cm³/mol. The number of allylic oxidation sites excluding steroid dienone is 3. The molecule has 0 unspecified atom stereocenters. The molecule has 38 heavy (non-hydrogen) atoms. The number of carbonyl (C=O) groups is 2. The number of aryl methyl sites for hydroxylation is 1. The Balaban J connectivity index is 1.55. The first-order valence-electron chi connectivity index (χ1n) is 12.8. The van der Waals surface area contributed by atoms with E-state index in [1.54, 1.807) is 38.1 Å². The maximum Gasteiger partial charge on any atom is 0.336 e. The second kappa shape index (κ2) is 10.5. The van der Waals surface area contributed by atoms with Crippen LogP contribution < -0.4 is 5.32 Å². The van der Waals surface area contributed by atoms with Gasteiger partial charge in [-0.15, -0.1) is 0 Å². The molecular weight excluding hydrogens is 491 g/mol. The van der Waals surface area contributed by atoms with Gasteiger partial charge in [-0.25, -0.2) is 9.18 Å². The third kappa shape index (κ3) is 4.98. The van der Waals surface area contributed by atoms with Crippen LogP contribution in [0.5, 0.6) is 0 Å². The van der Waals surface area contributed by atoms with Crippen molar-refractivity contribution in [3.63, 3.8) is 0 Å². The SMILES string of the molecule is CC1=C(C(=O)OC[C@H]2CCCO2)[C@@H](c2ccc(C)c([N+](=O)[O-])c2)C2=C(C[C@H](c3ccc(F)cc3)CC2=O)N1. The van der Waals surface area contributed by atoms with E-state index in [0.717, 1.165) is 18.4 Å². The highest BCUT2D eigenvalue weighted by atomic mass is 19.1. The van der Waals surface area contributed by atoms with Crippen LogP contribution in [-0.2, 0) is 19.1 Å². The Morgan fingerprint density at radius 2 is 1.89 bits per heavy atom. The zero-order valence-electron chi connectivity index (χ0n) is 21.3. The van der Waals surface area contributed by atoms with Crippen molar-refractivity contribution in [3.05, 3.63) is 97.6 Å². The van der Waals surface area contributed by atoms with Crippen LogP contribution >= 0.6 is 0 Å². The van der Waals surface area contributed by atoms with E-state index in [0.29, 0.717) is 41.1 Å². The highest BCUT2D eigenvalue weighted by Gasteiger charge is 2.42. The number of nitrogens with one attached hydrogen (secondary N) is 1. The van der Waals surface area contributed by atoms with E-state index in [1.165, 1.54) is 18.2 Å². The molecule has 0 amide bonds. The average molecular weight is 521 g/mol. The fourth-order valence-corrected chi connectivity index (χ4v) is 5.64. The summed E-state index contributed by atoms with van der Waals surface area (Å²) in [5, 5.41) is 15.0. The number of ether oxygens (including phenoxy) is 2. The normalized spacial score (nSPS) is 23.2. The largest absolute Gasteiger partial charge is 0.459 e. The minimum Gasteiger partial charge on any atom is -0.459 e. The van der Waals surface area contributed by atoms with E-state index in [-0.39, 0.29) is 47.9 Å². The number of esters is 1. The highest BCUT2D eigenvalue weighted by Crippen LogP contribution is 2.46. The Kier molecular flexibility index (Phi) is 7.12. The number of benzene rings is 2. The Hall–Kier alpha value is -3.85. The van der Waals surface area contributed by atoms with Gasteiger partial charge in [0.25, 0.3) is 5.69 Å². The highest BCUT2D eigenvalue weighted by molar-refractivity contribution is 6.04. The molecular formula is C29H29FN2O6. The fourth-order valence-electron chi connectivity index (χ4n) is 5.64. The Morgan fingerprint density at radius 3 is 2.58 bits per heavy atom. The number of hydrogen-bond donors (Lipinski definition) is 1. The Labute approximate surface area is 219 Å². The lowest BCUT2D eigenvalue weighted by Gasteiger charge is -2.36. The number of nitro benzene ring substituents is 1. The molecule has 5 rings (SSSR count). The molecule has 3 atom stereocenters. The van der Waals surface area contributed by atoms with Gasteiger partial charge in [0, 0.05) is 47.5 Å². The maximum absolute atomic E-state index is 13.7. The van der Waals surface area contributed by atoms with Crippen molar-refractivity contribution >= 4 is 17.4 Å². The summed E-state index contributed by atoms with van der Waals surface area (Å²) in [4.78, 5) is 38.4. The topological polar surface area (TPSA) is 108 Å². The molecule has 198 valence electrons. The van der Waals surface area contributed by atoms with Crippen molar-refractivity contribution in [2.45, 2.75) is 57.5 Å². The summed E-state index contributed by atoms with van der Waals surface area (Å²) in [5.74, 6) is -2.08. The number of nitrogens with zero attached hydrogens (tertiary/aromatic N) is 1. The lowest BCUT2D eigenvalue weighted by Crippen LogP contribution is -2.36. The number of dihydropyridines is 1. The third-order valence-electron chi connectivity index (χ3n) is 7.58. The summed E-state index contributed by atoms with van der Waals surface area (Å²) in [6.45, 7) is 4.12. The van der Waals surface area contributed by atoms with Gasteiger partial charge in [0.1, 0.15) is 12.4 Å². The number of hydrogen-bond acceptors (Lipinski definition) is 7. The summed E-state index contributed by atoms with van der Waals surface area (Å²) in [7, 11) is 0. The average Bonchev–Trinajstić information content (AvgIpc) is 3.41. The van der Waals surface area contributed by atoms with E-state index in [4.69, 9.17) is 9.47 Å². The zero-order valence-corrected chi connectivity index (χ0v) is 21.3. The summed E-state index contributed by atoms with van der Waals surface area (Å²) in [6.07, 6.45) is 2.19. The number of Topliss-reactive ketones (excluding diaryl/α,β-unsaturated/α-hetero) is 1. The molecule has 2 aromatic carbocycles. The van der Waals surface area contributed by atoms with Gasteiger partial charge in [-0.2, -0.15) is 0 Å². The van der Waals surface area contributed by atoms with Crippen LogP contribution in [0.15, 0.2) is 65.0 Å².